The van der Waals surface area contributed by atoms with Crippen molar-refractivity contribution in [1.82, 2.24) is 0 Å². The van der Waals surface area contributed by atoms with Crippen molar-refractivity contribution in [2.75, 3.05) is 0 Å². The minimum atomic E-state index is -2.62. The van der Waals surface area contributed by atoms with Crippen LogP contribution >= 0.6 is 0 Å². The molecule has 0 amide bonds. The zero-order valence-corrected chi connectivity index (χ0v) is 22.5. The summed E-state index contributed by atoms with van der Waals surface area (Å²) in [4.78, 5) is 12.3. The van der Waals surface area contributed by atoms with Gasteiger partial charge >= 0.3 is 0 Å². The van der Waals surface area contributed by atoms with E-state index in [0.717, 1.165) is 32.1 Å². The first-order valence-corrected chi connectivity index (χ1v) is 15.6. The highest BCUT2D eigenvalue weighted by molar-refractivity contribution is 6.99. The van der Waals surface area contributed by atoms with E-state index in [1.807, 2.05) is 0 Å². The lowest BCUT2D eigenvalue weighted by atomic mass is 9.67. The molecular weight excluding hydrogens is 452 g/mol. The lowest BCUT2D eigenvalue weighted by Gasteiger charge is -2.48. The monoisotopic (exact) mass is 492 g/mol. The molecule has 188 valence electrons. The predicted molar refractivity (Wildman–Crippen MR) is 140 cm³/mol. The van der Waals surface area contributed by atoms with Gasteiger partial charge in [0.1, 0.15) is 0 Å². The van der Waals surface area contributed by atoms with Crippen molar-refractivity contribution in [3.05, 3.63) is 60.7 Å². The largest absolute Gasteiger partial charge is 0.404 e. The molecule has 2 bridgehead atoms. The molecule has 5 fully saturated rings. The summed E-state index contributed by atoms with van der Waals surface area (Å²) in [6.45, 7) is 7.03. The summed E-state index contributed by atoms with van der Waals surface area (Å²) in [6.07, 6.45) is 9.74. The van der Waals surface area contributed by atoms with E-state index in [9.17, 15) is 0 Å². The number of hydrogen-bond acceptors (Lipinski definition) is 4. The number of rotatable bonds is 4. The summed E-state index contributed by atoms with van der Waals surface area (Å²) < 4.78 is 14.3. The topological polar surface area (TPSA) is 36.9 Å². The maximum atomic E-state index is 7.46. The molecule has 35 heavy (non-hydrogen) atoms. The molecule has 2 aromatic rings. The Labute approximate surface area is 211 Å². The van der Waals surface area contributed by atoms with Crippen molar-refractivity contribution in [3.8, 4) is 0 Å². The van der Waals surface area contributed by atoms with E-state index in [1.54, 1.807) is 0 Å². The molecule has 2 aromatic carbocycles. The lowest BCUT2D eigenvalue weighted by molar-refractivity contribution is -0.374. The Kier molecular flexibility index (Phi) is 6.01. The third-order valence-electron chi connectivity index (χ3n) is 9.12. The van der Waals surface area contributed by atoms with Crippen LogP contribution in [0.3, 0.4) is 0 Å². The third-order valence-corrected chi connectivity index (χ3v) is 14.2. The number of benzene rings is 2. The van der Waals surface area contributed by atoms with Crippen LogP contribution in [0.5, 0.6) is 0 Å². The zero-order chi connectivity index (χ0) is 24.2. The van der Waals surface area contributed by atoms with E-state index < -0.39 is 19.9 Å². The fourth-order valence-electron chi connectivity index (χ4n) is 7.46. The second-order valence-corrected chi connectivity index (χ2v) is 16.7. The van der Waals surface area contributed by atoms with Gasteiger partial charge in [0.15, 0.2) is 0 Å². The molecule has 5 aliphatic rings. The molecule has 4 nitrogen and oxygen atoms in total. The van der Waals surface area contributed by atoms with Gasteiger partial charge in [-0.05, 0) is 59.9 Å². The second-order valence-electron chi connectivity index (χ2n) is 12.4. The van der Waals surface area contributed by atoms with E-state index in [2.05, 4.69) is 81.4 Å². The van der Waals surface area contributed by atoms with Crippen LogP contribution in [0.4, 0.5) is 0 Å². The maximum Gasteiger partial charge on any atom is 0.261 e. The Bertz CT molecular complexity index is 974. The van der Waals surface area contributed by atoms with Gasteiger partial charge in [0.25, 0.3) is 8.32 Å². The molecule has 0 aromatic heterocycles. The average Bonchev–Trinajstić information content (AvgIpc) is 3.20. The summed E-state index contributed by atoms with van der Waals surface area (Å²) in [5.41, 5.74) is 0. The van der Waals surface area contributed by atoms with Crippen LogP contribution < -0.4 is 10.4 Å². The van der Waals surface area contributed by atoms with Crippen LogP contribution in [-0.4, -0.2) is 26.0 Å². The van der Waals surface area contributed by atoms with Crippen LogP contribution in [-0.2, 0) is 18.9 Å². The first kappa shape index (κ1) is 23.9. The minimum Gasteiger partial charge on any atom is -0.404 e. The van der Waals surface area contributed by atoms with Crippen molar-refractivity contribution in [1.29, 1.82) is 0 Å². The van der Waals surface area contributed by atoms with Gasteiger partial charge in [0, 0.05) is 25.2 Å². The van der Waals surface area contributed by atoms with Gasteiger partial charge in [0.05, 0.1) is 6.10 Å². The highest BCUT2D eigenvalue weighted by atomic mass is 28.4. The van der Waals surface area contributed by atoms with E-state index in [1.165, 1.54) is 36.1 Å². The fraction of sp³-hybridized carbons (Fsp3) is 0.600. The SMILES string of the molecule is CC(C)(C)[Si](O[C@@H]1CCC[C@]2(C1)OOC1(CC3CCC1CC3)O2)(c1ccccc1)c1ccccc1. The Balaban J connectivity index is 1.32. The fourth-order valence-corrected chi connectivity index (χ4v) is 12.2. The third kappa shape index (κ3) is 4.04. The van der Waals surface area contributed by atoms with Gasteiger partial charge in [0.2, 0.25) is 11.6 Å². The second kappa shape index (κ2) is 8.81. The zero-order valence-electron chi connectivity index (χ0n) is 21.5. The van der Waals surface area contributed by atoms with E-state index >= 15 is 0 Å². The average molecular weight is 493 g/mol. The summed E-state index contributed by atoms with van der Waals surface area (Å²) in [5.74, 6) is -0.0250. The molecule has 1 unspecified atom stereocenters. The molecule has 2 spiro atoms. The first-order valence-electron chi connectivity index (χ1n) is 13.7. The summed E-state index contributed by atoms with van der Waals surface area (Å²) in [6, 6.07) is 21.9. The Hall–Kier alpha value is -1.50. The summed E-state index contributed by atoms with van der Waals surface area (Å²) in [7, 11) is -2.62. The van der Waals surface area contributed by atoms with Gasteiger partial charge in [-0.1, -0.05) is 81.4 Å². The van der Waals surface area contributed by atoms with Crippen LogP contribution in [0, 0.1) is 11.8 Å². The molecule has 4 aliphatic carbocycles. The molecule has 4 saturated carbocycles. The molecule has 1 saturated heterocycles. The molecule has 0 radical (unpaired) electrons. The molecule has 0 N–H and O–H groups in total. The van der Waals surface area contributed by atoms with E-state index in [-0.39, 0.29) is 11.1 Å². The van der Waals surface area contributed by atoms with Crippen molar-refractivity contribution in [3.63, 3.8) is 0 Å². The number of hydrogen-bond donors (Lipinski definition) is 0. The molecular formula is C30H40O4Si. The van der Waals surface area contributed by atoms with Crippen LogP contribution in [0.15, 0.2) is 60.7 Å². The summed E-state index contributed by atoms with van der Waals surface area (Å²) in [5, 5.41) is 2.60. The van der Waals surface area contributed by atoms with Crippen molar-refractivity contribution in [2.45, 2.75) is 101 Å². The molecule has 5 heteroatoms. The van der Waals surface area contributed by atoms with Gasteiger partial charge in [-0.2, -0.15) is 9.78 Å². The van der Waals surface area contributed by atoms with Crippen molar-refractivity contribution in [2.24, 2.45) is 11.8 Å². The normalized spacial score (nSPS) is 35.1. The van der Waals surface area contributed by atoms with E-state index in [4.69, 9.17) is 18.9 Å². The van der Waals surface area contributed by atoms with Gasteiger partial charge in [-0.15, -0.1) is 0 Å². The van der Waals surface area contributed by atoms with Crippen molar-refractivity contribution >= 4 is 18.7 Å². The summed E-state index contributed by atoms with van der Waals surface area (Å²) >= 11 is 0. The quantitative estimate of drug-likeness (QED) is 0.382. The van der Waals surface area contributed by atoms with Gasteiger partial charge < -0.3 is 9.16 Å². The Morgan fingerprint density at radius 1 is 0.800 bits per heavy atom. The molecule has 1 aliphatic heterocycles. The van der Waals surface area contributed by atoms with Gasteiger partial charge in [-0.25, -0.2) is 0 Å². The van der Waals surface area contributed by atoms with Crippen molar-refractivity contribution < 1.29 is 18.9 Å². The maximum absolute atomic E-state index is 7.46. The minimum absolute atomic E-state index is 0.0437. The number of fused-ring (bicyclic) bond motifs is 2. The lowest BCUT2D eigenvalue weighted by Crippen LogP contribution is -2.68. The van der Waals surface area contributed by atoms with E-state index in [0.29, 0.717) is 11.8 Å². The smallest absolute Gasteiger partial charge is 0.261 e. The highest BCUT2D eigenvalue weighted by Crippen LogP contribution is 2.57. The Morgan fingerprint density at radius 2 is 1.43 bits per heavy atom. The van der Waals surface area contributed by atoms with Gasteiger partial charge in [-0.3, -0.25) is 0 Å². The molecule has 7 rings (SSSR count). The van der Waals surface area contributed by atoms with Crippen LogP contribution in [0.1, 0.15) is 78.6 Å². The molecule has 1 heterocycles. The highest BCUT2D eigenvalue weighted by Gasteiger charge is 2.62. The molecule has 3 atom stereocenters. The standard InChI is InChI=1S/C30H40O4Si/c1-28(2,3)35(26-12-6-4-7-13-26,27-14-8-5-9-15-27)31-25-11-10-20-29(22-25)32-30(34-33-29)21-23-16-18-24(30)19-17-23/h4-9,12-15,23-25H,10-11,16-22H2,1-3H3/t23?,24?,25-,29-,30?/m1/s1. The Morgan fingerprint density at radius 3 is 1.97 bits per heavy atom. The van der Waals surface area contributed by atoms with Crippen LogP contribution in [0.2, 0.25) is 5.04 Å². The predicted octanol–water partition coefficient (Wildman–Crippen LogP) is 6.09. The number of ether oxygens (including phenoxy) is 1. The first-order chi connectivity index (χ1) is 16.8. The van der Waals surface area contributed by atoms with Crippen LogP contribution in [0.25, 0.3) is 0 Å².